The van der Waals surface area contributed by atoms with Gasteiger partial charge >= 0.3 is 0 Å². The largest absolute Gasteiger partial charge is 0.337 e. The Morgan fingerprint density at radius 3 is 2.42 bits per heavy atom. The minimum absolute atomic E-state index is 0.107. The highest BCUT2D eigenvalue weighted by Gasteiger charge is 2.20. The summed E-state index contributed by atoms with van der Waals surface area (Å²) < 4.78 is 0. The van der Waals surface area contributed by atoms with Crippen LogP contribution in [0.15, 0.2) is 36.4 Å². The lowest BCUT2D eigenvalue weighted by Crippen LogP contribution is -2.32. The van der Waals surface area contributed by atoms with Crippen molar-refractivity contribution in [3.05, 3.63) is 58.4 Å². The summed E-state index contributed by atoms with van der Waals surface area (Å²) >= 11 is 5.94. The summed E-state index contributed by atoms with van der Waals surface area (Å²) in [5.74, 6) is -0.454. The van der Waals surface area contributed by atoms with Gasteiger partial charge in [-0.1, -0.05) is 30.5 Å². The molecule has 1 aromatic carbocycles. The molecule has 5 nitrogen and oxygen atoms in total. The SMILES string of the molecule is Cc1cc(Cl)ccc1NC(=O)c1cccc(C(=O)N2CCCCCC2)n1. The quantitative estimate of drug-likeness (QED) is 0.874. The lowest BCUT2D eigenvalue weighted by atomic mass is 10.2. The van der Waals surface area contributed by atoms with Gasteiger partial charge in [-0.25, -0.2) is 4.98 Å². The first kappa shape index (κ1) is 18.4. The number of benzene rings is 1. The average molecular weight is 372 g/mol. The fourth-order valence-corrected chi connectivity index (χ4v) is 3.30. The van der Waals surface area contributed by atoms with Crippen LogP contribution < -0.4 is 5.32 Å². The first-order chi connectivity index (χ1) is 12.5. The summed E-state index contributed by atoms with van der Waals surface area (Å²) in [6.45, 7) is 3.37. The molecule has 1 aliphatic heterocycles. The molecule has 1 N–H and O–H groups in total. The highest BCUT2D eigenvalue weighted by molar-refractivity contribution is 6.30. The molecule has 0 spiro atoms. The van der Waals surface area contributed by atoms with Gasteiger partial charge in [0.25, 0.3) is 11.8 Å². The van der Waals surface area contributed by atoms with E-state index in [1.807, 2.05) is 11.8 Å². The zero-order valence-corrected chi connectivity index (χ0v) is 15.6. The lowest BCUT2D eigenvalue weighted by molar-refractivity contribution is 0.0755. The van der Waals surface area contributed by atoms with Crippen molar-refractivity contribution in [2.24, 2.45) is 0 Å². The maximum absolute atomic E-state index is 12.7. The molecule has 1 saturated heterocycles. The molecular formula is C20H22ClN3O2. The first-order valence-electron chi connectivity index (χ1n) is 8.88. The number of pyridine rings is 1. The maximum atomic E-state index is 12.7. The predicted molar refractivity (Wildman–Crippen MR) is 103 cm³/mol. The second-order valence-electron chi connectivity index (χ2n) is 6.53. The van der Waals surface area contributed by atoms with Crippen LogP contribution >= 0.6 is 11.6 Å². The Balaban J connectivity index is 1.75. The summed E-state index contributed by atoms with van der Waals surface area (Å²) in [4.78, 5) is 31.3. The van der Waals surface area contributed by atoms with E-state index in [0.29, 0.717) is 16.4 Å². The summed E-state index contributed by atoms with van der Waals surface area (Å²) in [7, 11) is 0. The lowest BCUT2D eigenvalue weighted by Gasteiger charge is -2.19. The normalized spacial score (nSPS) is 14.6. The fourth-order valence-electron chi connectivity index (χ4n) is 3.07. The van der Waals surface area contributed by atoms with Crippen molar-refractivity contribution >= 4 is 29.1 Å². The van der Waals surface area contributed by atoms with Gasteiger partial charge in [-0.3, -0.25) is 9.59 Å². The molecule has 1 aromatic heterocycles. The first-order valence-corrected chi connectivity index (χ1v) is 9.26. The Hall–Kier alpha value is -2.40. The van der Waals surface area contributed by atoms with Crippen LogP contribution in [0.2, 0.25) is 5.02 Å². The summed E-state index contributed by atoms with van der Waals surface area (Å²) in [6.07, 6.45) is 4.34. The number of halogens is 1. The van der Waals surface area contributed by atoms with Gasteiger partial charge in [-0.15, -0.1) is 0 Å². The van der Waals surface area contributed by atoms with Crippen LogP contribution in [0.25, 0.3) is 0 Å². The van der Waals surface area contributed by atoms with Crippen molar-refractivity contribution in [3.8, 4) is 0 Å². The molecule has 6 heteroatoms. The molecular weight excluding hydrogens is 350 g/mol. The van der Waals surface area contributed by atoms with E-state index in [1.165, 1.54) is 0 Å². The van der Waals surface area contributed by atoms with Gasteiger partial charge in [-0.05, 0) is 55.7 Å². The molecule has 0 unspecified atom stereocenters. The second kappa shape index (κ2) is 8.32. The zero-order valence-electron chi connectivity index (χ0n) is 14.8. The van der Waals surface area contributed by atoms with E-state index < -0.39 is 0 Å². The van der Waals surface area contributed by atoms with E-state index in [1.54, 1.807) is 36.4 Å². The van der Waals surface area contributed by atoms with Crippen LogP contribution in [0, 0.1) is 6.92 Å². The number of hydrogen-bond donors (Lipinski definition) is 1. The number of likely N-dealkylation sites (tertiary alicyclic amines) is 1. The molecule has 3 rings (SSSR count). The number of carbonyl (C=O) groups excluding carboxylic acids is 2. The summed E-state index contributed by atoms with van der Waals surface area (Å²) in [5.41, 5.74) is 2.07. The second-order valence-corrected chi connectivity index (χ2v) is 6.96. The summed E-state index contributed by atoms with van der Waals surface area (Å²) in [5, 5.41) is 3.44. The Morgan fingerprint density at radius 2 is 1.73 bits per heavy atom. The maximum Gasteiger partial charge on any atom is 0.274 e. The molecule has 1 fully saturated rings. The molecule has 26 heavy (non-hydrogen) atoms. The van der Waals surface area contributed by atoms with Crippen LogP contribution in [0.3, 0.4) is 0 Å². The highest BCUT2D eigenvalue weighted by atomic mass is 35.5. The molecule has 2 amide bonds. The predicted octanol–water partition coefficient (Wildman–Crippen LogP) is 4.31. The van der Waals surface area contributed by atoms with E-state index in [2.05, 4.69) is 10.3 Å². The van der Waals surface area contributed by atoms with E-state index in [0.717, 1.165) is 44.3 Å². The molecule has 0 saturated carbocycles. The Labute approximate surface area is 158 Å². The van der Waals surface area contributed by atoms with Crippen molar-refractivity contribution in [1.29, 1.82) is 0 Å². The smallest absolute Gasteiger partial charge is 0.274 e. The third-order valence-corrected chi connectivity index (χ3v) is 4.77. The van der Waals surface area contributed by atoms with Gasteiger partial charge in [0.15, 0.2) is 0 Å². The highest BCUT2D eigenvalue weighted by Crippen LogP contribution is 2.20. The molecule has 1 aliphatic rings. The zero-order chi connectivity index (χ0) is 18.5. The van der Waals surface area contributed by atoms with Crippen LogP contribution in [0.4, 0.5) is 5.69 Å². The summed E-state index contributed by atoms with van der Waals surface area (Å²) in [6, 6.07) is 10.2. The Bertz CT molecular complexity index is 814. The average Bonchev–Trinajstić information content (AvgIpc) is 2.93. The minimum Gasteiger partial charge on any atom is -0.337 e. The van der Waals surface area contributed by atoms with Crippen molar-refractivity contribution in [2.45, 2.75) is 32.6 Å². The van der Waals surface area contributed by atoms with Gasteiger partial charge in [0.05, 0.1) is 0 Å². The molecule has 0 radical (unpaired) electrons. The van der Waals surface area contributed by atoms with Gasteiger partial charge in [0.2, 0.25) is 0 Å². The van der Waals surface area contributed by atoms with Crippen molar-refractivity contribution in [1.82, 2.24) is 9.88 Å². The van der Waals surface area contributed by atoms with Crippen molar-refractivity contribution in [2.75, 3.05) is 18.4 Å². The van der Waals surface area contributed by atoms with E-state index in [9.17, 15) is 9.59 Å². The van der Waals surface area contributed by atoms with Gasteiger partial charge in [0.1, 0.15) is 11.4 Å². The number of amides is 2. The van der Waals surface area contributed by atoms with Crippen molar-refractivity contribution in [3.63, 3.8) is 0 Å². The van der Waals surface area contributed by atoms with Crippen LogP contribution in [-0.2, 0) is 0 Å². The van der Waals surface area contributed by atoms with Crippen LogP contribution in [0.1, 0.15) is 52.2 Å². The number of nitrogens with one attached hydrogen (secondary N) is 1. The number of aryl methyl sites for hydroxylation is 1. The number of nitrogens with zero attached hydrogens (tertiary/aromatic N) is 2. The molecule has 0 bridgehead atoms. The third kappa shape index (κ3) is 4.41. The fraction of sp³-hybridized carbons (Fsp3) is 0.350. The molecule has 0 atom stereocenters. The number of rotatable bonds is 3. The third-order valence-electron chi connectivity index (χ3n) is 4.53. The molecule has 0 aliphatic carbocycles. The van der Waals surface area contributed by atoms with Crippen LogP contribution in [-0.4, -0.2) is 34.8 Å². The molecule has 2 heterocycles. The van der Waals surface area contributed by atoms with E-state index in [4.69, 9.17) is 11.6 Å². The van der Waals surface area contributed by atoms with Gasteiger partial charge in [-0.2, -0.15) is 0 Å². The van der Waals surface area contributed by atoms with Crippen molar-refractivity contribution < 1.29 is 9.59 Å². The standard InChI is InChI=1S/C20H22ClN3O2/c1-14-13-15(21)9-10-16(14)23-19(25)17-7-6-8-18(22-17)20(26)24-11-4-2-3-5-12-24/h6-10,13H,2-5,11-12H2,1H3,(H,23,25). The number of aromatic nitrogens is 1. The van der Waals surface area contributed by atoms with E-state index in [-0.39, 0.29) is 17.5 Å². The topological polar surface area (TPSA) is 62.3 Å². The Kier molecular flexibility index (Phi) is 5.89. The number of hydrogen-bond acceptors (Lipinski definition) is 3. The number of carbonyl (C=O) groups is 2. The van der Waals surface area contributed by atoms with Gasteiger partial charge in [0, 0.05) is 23.8 Å². The molecule has 136 valence electrons. The molecule has 2 aromatic rings. The van der Waals surface area contributed by atoms with E-state index >= 15 is 0 Å². The minimum atomic E-state index is -0.346. The Morgan fingerprint density at radius 1 is 1.04 bits per heavy atom. The van der Waals surface area contributed by atoms with Gasteiger partial charge < -0.3 is 10.2 Å². The van der Waals surface area contributed by atoms with Crippen LogP contribution in [0.5, 0.6) is 0 Å². The number of anilines is 1. The monoisotopic (exact) mass is 371 g/mol.